The molecule has 5 rings (SSSR count). The highest BCUT2D eigenvalue weighted by molar-refractivity contribution is 6.14. The molecule has 0 aliphatic heterocycles. The summed E-state index contributed by atoms with van der Waals surface area (Å²) >= 11 is 0. The topological polar surface area (TPSA) is 125 Å². The molecule has 0 bridgehead atoms. The van der Waals surface area contributed by atoms with Gasteiger partial charge in [0.2, 0.25) is 0 Å². The summed E-state index contributed by atoms with van der Waals surface area (Å²) in [5.74, 6) is 3.04. The maximum absolute atomic E-state index is 8.77. The van der Waals surface area contributed by atoms with Gasteiger partial charge in [0.05, 0.1) is 35.2 Å². The van der Waals surface area contributed by atoms with Gasteiger partial charge in [-0.25, -0.2) is 9.97 Å². The number of H-pyrrole nitrogens is 1. The number of allylic oxidation sites excluding steroid dienone is 1. The number of ether oxygens (including phenoxy) is 1. The first kappa shape index (κ1) is 22.9. The van der Waals surface area contributed by atoms with E-state index >= 15 is 0 Å². The van der Waals surface area contributed by atoms with Crippen molar-refractivity contribution in [3.05, 3.63) is 41.3 Å². The highest BCUT2D eigenvalue weighted by atomic mass is 16.5. The molecule has 0 radical (unpaired) electrons. The molecule has 0 amide bonds. The standard InChI is InChI=1S/C26H31N7O2/c1-6-28-12-20(24(27)16-8-7-9-16)32-26-23-17-11-21(34-5)18(22-13(2)33-35-14(22)3)10-19(17)31-25(23)29-15(4)30-26/h10-12,16,27-28H,6-9H2,1-5H3,(H2,29,30,31,32)/b20-12+,27-24?. The summed E-state index contributed by atoms with van der Waals surface area (Å²) in [6, 6.07) is 4.05. The van der Waals surface area contributed by atoms with Crippen molar-refractivity contribution < 1.29 is 9.26 Å². The smallest absolute Gasteiger partial charge is 0.144 e. The van der Waals surface area contributed by atoms with Crippen LogP contribution in [-0.2, 0) is 0 Å². The SMILES string of the molecule is CCN/C=C(/Nc1nc(C)nc2[nH]c3cc(-c4c(C)noc4C)c(OC)cc3c12)C(=N)C1CCC1. The van der Waals surface area contributed by atoms with Crippen LogP contribution in [0.25, 0.3) is 33.1 Å². The number of aryl methyl sites for hydroxylation is 3. The molecule has 0 saturated heterocycles. The third-order valence-electron chi connectivity index (χ3n) is 6.69. The van der Waals surface area contributed by atoms with Crippen LogP contribution in [-0.4, -0.2) is 39.5 Å². The average molecular weight is 474 g/mol. The van der Waals surface area contributed by atoms with Crippen LogP contribution < -0.4 is 15.4 Å². The maximum atomic E-state index is 8.77. The number of rotatable bonds is 8. The van der Waals surface area contributed by atoms with Crippen molar-refractivity contribution in [2.24, 2.45) is 5.92 Å². The summed E-state index contributed by atoms with van der Waals surface area (Å²) in [6.07, 6.45) is 5.16. The first-order valence-corrected chi connectivity index (χ1v) is 12.0. The highest BCUT2D eigenvalue weighted by Gasteiger charge is 2.26. The molecule has 1 aliphatic rings. The molecule has 0 spiro atoms. The Bertz CT molecular complexity index is 1440. The van der Waals surface area contributed by atoms with E-state index < -0.39 is 0 Å². The second kappa shape index (κ2) is 9.05. The fraction of sp³-hybridized carbons (Fsp3) is 0.385. The molecule has 4 N–H and O–H groups in total. The van der Waals surface area contributed by atoms with E-state index in [2.05, 4.69) is 25.8 Å². The number of anilines is 1. The normalized spacial score (nSPS) is 14.4. The summed E-state index contributed by atoms with van der Waals surface area (Å²) in [5, 5.41) is 21.4. The summed E-state index contributed by atoms with van der Waals surface area (Å²) in [6.45, 7) is 8.51. The first-order chi connectivity index (χ1) is 16.9. The van der Waals surface area contributed by atoms with Gasteiger partial charge in [-0.15, -0.1) is 0 Å². The number of fused-ring (bicyclic) bond motifs is 3. The number of benzene rings is 1. The lowest BCUT2D eigenvalue weighted by molar-refractivity contribution is 0.393. The molecule has 4 aromatic rings. The van der Waals surface area contributed by atoms with Crippen LogP contribution in [0.2, 0.25) is 0 Å². The molecular formula is C26H31N7O2. The molecule has 9 heteroatoms. The minimum atomic E-state index is 0.284. The van der Waals surface area contributed by atoms with E-state index in [-0.39, 0.29) is 5.92 Å². The van der Waals surface area contributed by atoms with Gasteiger partial charge in [-0.1, -0.05) is 11.6 Å². The average Bonchev–Trinajstić information content (AvgIpc) is 3.32. The Morgan fingerprint density at radius 1 is 1.26 bits per heavy atom. The monoisotopic (exact) mass is 473 g/mol. The van der Waals surface area contributed by atoms with Gasteiger partial charge in [0.25, 0.3) is 0 Å². The minimum Gasteiger partial charge on any atom is -0.496 e. The summed E-state index contributed by atoms with van der Waals surface area (Å²) in [7, 11) is 1.66. The molecule has 1 aliphatic carbocycles. The van der Waals surface area contributed by atoms with Gasteiger partial charge < -0.3 is 30.3 Å². The van der Waals surface area contributed by atoms with Crippen LogP contribution in [0.4, 0.5) is 5.82 Å². The number of hydrogen-bond acceptors (Lipinski definition) is 8. The zero-order valence-corrected chi connectivity index (χ0v) is 20.8. The van der Waals surface area contributed by atoms with Crippen molar-refractivity contribution in [3.63, 3.8) is 0 Å². The lowest BCUT2D eigenvalue weighted by Gasteiger charge is -2.27. The molecule has 35 heavy (non-hydrogen) atoms. The zero-order valence-electron chi connectivity index (χ0n) is 20.8. The van der Waals surface area contributed by atoms with E-state index in [1.54, 1.807) is 7.11 Å². The molecule has 0 atom stereocenters. The van der Waals surface area contributed by atoms with Crippen LogP contribution >= 0.6 is 0 Å². The molecular weight excluding hydrogens is 442 g/mol. The molecule has 1 fully saturated rings. The summed E-state index contributed by atoms with van der Waals surface area (Å²) in [5.41, 5.74) is 5.62. The van der Waals surface area contributed by atoms with Gasteiger partial charge in [-0.3, -0.25) is 0 Å². The lowest BCUT2D eigenvalue weighted by atomic mass is 9.80. The molecule has 1 saturated carbocycles. The Hall–Kier alpha value is -3.88. The number of aromatic amines is 1. The van der Waals surface area contributed by atoms with Gasteiger partial charge in [0, 0.05) is 35.1 Å². The van der Waals surface area contributed by atoms with Crippen molar-refractivity contribution in [2.45, 2.75) is 47.0 Å². The number of aromatic nitrogens is 4. The van der Waals surface area contributed by atoms with E-state index in [0.717, 1.165) is 69.6 Å². The Balaban J connectivity index is 1.67. The second-order valence-corrected chi connectivity index (χ2v) is 9.05. The fourth-order valence-electron chi connectivity index (χ4n) is 4.69. The van der Waals surface area contributed by atoms with Gasteiger partial charge in [-0.2, -0.15) is 0 Å². The minimum absolute atomic E-state index is 0.284. The number of methoxy groups -OCH3 is 1. The van der Waals surface area contributed by atoms with Crippen molar-refractivity contribution in [1.82, 2.24) is 25.4 Å². The van der Waals surface area contributed by atoms with E-state index in [0.29, 0.717) is 23.1 Å². The Labute approximate surface area is 203 Å². The van der Waals surface area contributed by atoms with Crippen molar-refractivity contribution in [2.75, 3.05) is 19.0 Å². The fourth-order valence-corrected chi connectivity index (χ4v) is 4.69. The molecule has 0 unspecified atom stereocenters. The summed E-state index contributed by atoms with van der Waals surface area (Å²) < 4.78 is 11.2. The Morgan fingerprint density at radius 2 is 2.06 bits per heavy atom. The Morgan fingerprint density at radius 3 is 2.69 bits per heavy atom. The van der Waals surface area contributed by atoms with E-state index in [9.17, 15) is 0 Å². The highest BCUT2D eigenvalue weighted by Crippen LogP contribution is 2.41. The van der Waals surface area contributed by atoms with E-state index in [1.807, 2.05) is 46.0 Å². The van der Waals surface area contributed by atoms with E-state index in [4.69, 9.17) is 19.7 Å². The quantitative estimate of drug-likeness (QED) is 0.253. The first-order valence-electron chi connectivity index (χ1n) is 12.0. The molecule has 3 heterocycles. The van der Waals surface area contributed by atoms with Crippen LogP contribution in [0.15, 0.2) is 28.6 Å². The third-order valence-corrected chi connectivity index (χ3v) is 6.69. The summed E-state index contributed by atoms with van der Waals surface area (Å²) in [4.78, 5) is 12.9. The third kappa shape index (κ3) is 4.00. The molecule has 3 aromatic heterocycles. The van der Waals surface area contributed by atoms with Gasteiger partial charge in [-0.05, 0) is 52.7 Å². The van der Waals surface area contributed by atoms with Gasteiger partial charge in [0.1, 0.15) is 28.8 Å². The lowest BCUT2D eigenvalue weighted by Crippen LogP contribution is -2.27. The van der Waals surface area contributed by atoms with E-state index in [1.165, 1.54) is 6.42 Å². The predicted molar refractivity (Wildman–Crippen MR) is 138 cm³/mol. The zero-order chi connectivity index (χ0) is 24.7. The largest absolute Gasteiger partial charge is 0.496 e. The van der Waals surface area contributed by atoms with Crippen molar-refractivity contribution in [3.8, 4) is 16.9 Å². The predicted octanol–water partition coefficient (Wildman–Crippen LogP) is 5.38. The molecule has 1 aromatic carbocycles. The second-order valence-electron chi connectivity index (χ2n) is 9.05. The molecule has 9 nitrogen and oxygen atoms in total. The molecule has 182 valence electrons. The Kier molecular flexibility index (Phi) is 5.92. The van der Waals surface area contributed by atoms with Crippen LogP contribution in [0, 0.1) is 32.1 Å². The van der Waals surface area contributed by atoms with Crippen molar-refractivity contribution in [1.29, 1.82) is 5.41 Å². The van der Waals surface area contributed by atoms with Crippen LogP contribution in [0.3, 0.4) is 0 Å². The van der Waals surface area contributed by atoms with Crippen LogP contribution in [0.5, 0.6) is 5.75 Å². The van der Waals surface area contributed by atoms with Gasteiger partial charge >= 0.3 is 0 Å². The van der Waals surface area contributed by atoms with Crippen molar-refractivity contribution >= 4 is 33.5 Å². The van der Waals surface area contributed by atoms with Crippen LogP contribution in [0.1, 0.15) is 43.5 Å². The number of nitrogens with zero attached hydrogens (tertiary/aromatic N) is 3. The number of nitrogens with one attached hydrogen (secondary N) is 4. The van der Waals surface area contributed by atoms with Gasteiger partial charge in [0.15, 0.2) is 0 Å². The number of hydrogen-bond donors (Lipinski definition) is 4. The maximum Gasteiger partial charge on any atom is 0.144 e.